The van der Waals surface area contributed by atoms with Gasteiger partial charge in [0, 0.05) is 6.07 Å². The minimum Gasteiger partial charge on any atom is -0.481 e. The highest BCUT2D eigenvalue weighted by atomic mass is 32.2. The lowest BCUT2D eigenvalue weighted by Gasteiger charge is -2.01. The zero-order valence-corrected chi connectivity index (χ0v) is 9.72. The Kier molecular flexibility index (Phi) is 3.28. The molecule has 0 saturated carbocycles. The smallest absolute Gasteiger partial charge is 0.313 e. The third-order valence-electron chi connectivity index (χ3n) is 1.90. The maximum atomic E-state index is 10.9. The number of aromatic amines is 1. The summed E-state index contributed by atoms with van der Waals surface area (Å²) in [4.78, 5) is 21.3. The highest BCUT2D eigenvalue weighted by Crippen LogP contribution is 2.18. The van der Waals surface area contributed by atoms with Gasteiger partial charge in [0.1, 0.15) is 5.69 Å². The first-order valence-electron chi connectivity index (χ1n) is 4.69. The van der Waals surface area contributed by atoms with Gasteiger partial charge in [0.25, 0.3) is 5.56 Å². The maximum absolute atomic E-state index is 10.9. The second-order valence-electron chi connectivity index (χ2n) is 3.17. The average molecular weight is 268 g/mol. The zero-order chi connectivity index (χ0) is 13.1. The van der Waals surface area contributed by atoms with Crippen LogP contribution in [-0.2, 0) is 4.79 Å². The van der Waals surface area contributed by atoms with Crippen molar-refractivity contribution in [3.05, 3.63) is 22.5 Å². The van der Waals surface area contributed by atoms with E-state index in [2.05, 4.69) is 20.4 Å². The van der Waals surface area contributed by atoms with Crippen LogP contribution in [0.4, 0.5) is 0 Å². The number of aromatic nitrogens is 5. The molecule has 18 heavy (non-hydrogen) atoms. The van der Waals surface area contributed by atoms with Crippen molar-refractivity contribution in [1.29, 1.82) is 0 Å². The van der Waals surface area contributed by atoms with E-state index in [-0.39, 0.29) is 22.3 Å². The molecule has 0 saturated heterocycles. The topological polar surface area (TPSA) is 140 Å². The lowest BCUT2D eigenvalue weighted by atomic mass is 10.4. The van der Waals surface area contributed by atoms with Gasteiger partial charge < -0.3 is 10.9 Å². The summed E-state index contributed by atoms with van der Waals surface area (Å²) in [6.45, 7) is 0. The lowest BCUT2D eigenvalue weighted by molar-refractivity contribution is -0.133. The molecule has 0 amide bonds. The van der Waals surface area contributed by atoms with Crippen LogP contribution in [0.5, 0.6) is 0 Å². The normalized spacial score (nSPS) is 10.4. The summed E-state index contributed by atoms with van der Waals surface area (Å²) in [5.74, 6) is 4.79. The molecular formula is C8H8N6O3S. The number of rotatable bonds is 4. The Hall–Kier alpha value is -2.36. The summed E-state index contributed by atoms with van der Waals surface area (Å²) in [7, 11) is 0. The van der Waals surface area contributed by atoms with Crippen LogP contribution < -0.4 is 11.4 Å². The van der Waals surface area contributed by atoms with Crippen molar-refractivity contribution < 1.29 is 9.90 Å². The number of carboxylic acids is 1. The Bertz CT molecular complexity index is 616. The number of nitrogens with two attached hydrogens (primary N) is 1. The number of thioether (sulfide) groups is 1. The molecule has 10 heteroatoms. The Labute approximate surface area is 104 Å². The van der Waals surface area contributed by atoms with Crippen LogP contribution in [0.3, 0.4) is 0 Å². The minimum atomic E-state index is -0.980. The summed E-state index contributed by atoms with van der Waals surface area (Å²) in [5.41, 5.74) is -0.00547. The van der Waals surface area contributed by atoms with Crippen molar-refractivity contribution >= 4 is 17.7 Å². The van der Waals surface area contributed by atoms with E-state index in [1.54, 1.807) is 0 Å². The Morgan fingerprint density at radius 2 is 2.28 bits per heavy atom. The SMILES string of the molecule is Nn1c(SCC(=O)O)nnc1-c1ccc(=O)[nH]n1. The van der Waals surface area contributed by atoms with E-state index in [0.717, 1.165) is 16.4 Å². The number of nitrogen functional groups attached to an aromatic ring is 1. The van der Waals surface area contributed by atoms with Crippen LogP contribution in [0.15, 0.2) is 22.1 Å². The zero-order valence-electron chi connectivity index (χ0n) is 8.90. The fourth-order valence-electron chi connectivity index (χ4n) is 1.15. The van der Waals surface area contributed by atoms with E-state index < -0.39 is 5.97 Å². The third-order valence-corrected chi connectivity index (χ3v) is 2.83. The number of carboxylic acid groups (broad SMARTS) is 1. The first kappa shape index (κ1) is 12.1. The van der Waals surface area contributed by atoms with Gasteiger partial charge >= 0.3 is 5.97 Å². The summed E-state index contributed by atoms with van der Waals surface area (Å²) in [6, 6.07) is 2.72. The number of nitrogens with one attached hydrogen (secondary N) is 1. The highest BCUT2D eigenvalue weighted by Gasteiger charge is 2.14. The van der Waals surface area contributed by atoms with E-state index in [1.807, 2.05) is 0 Å². The standard InChI is InChI=1S/C8H8N6O3S/c9-14-7(4-1-2-5(15)11-10-4)12-13-8(14)18-3-6(16)17/h1-2H,3,9H2,(H,11,15)(H,16,17). The van der Waals surface area contributed by atoms with Gasteiger partial charge in [0.05, 0.1) is 5.75 Å². The monoisotopic (exact) mass is 268 g/mol. The predicted octanol–water partition coefficient (Wildman–Crippen LogP) is -1.08. The van der Waals surface area contributed by atoms with Crippen LogP contribution in [0, 0.1) is 0 Å². The van der Waals surface area contributed by atoms with Gasteiger partial charge in [-0.2, -0.15) is 5.10 Å². The van der Waals surface area contributed by atoms with Crippen molar-refractivity contribution in [1.82, 2.24) is 25.1 Å². The van der Waals surface area contributed by atoms with E-state index in [1.165, 1.54) is 12.1 Å². The van der Waals surface area contributed by atoms with Crippen LogP contribution in [0.25, 0.3) is 11.5 Å². The molecule has 2 heterocycles. The molecule has 4 N–H and O–H groups in total. The average Bonchev–Trinajstić information content (AvgIpc) is 2.69. The molecule has 0 radical (unpaired) electrons. The fraction of sp³-hybridized carbons (Fsp3) is 0.125. The maximum Gasteiger partial charge on any atom is 0.313 e. The van der Waals surface area contributed by atoms with E-state index in [9.17, 15) is 9.59 Å². The number of H-pyrrole nitrogens is 1. The Morgan fingerprint density at radius 3 is 2.89 bits per heavy atom. The molecule has 0 aliphatic rings. The molecule has 0 spiro atoms. The van der Waals surface area contributed by atoms with Crippen LogP contribution in [0.2, 0.25) is 0 Å². The number of hydrogen-bond acceptors (Lipinski definition) is 7. The van der Waals surface area contributed by atoms with Crippen molar-refractivity contribution in [2.75, 3.05) is 11.6 Å². The number of aliphatic carboxylic acids is 1. The quantitative estimate of drug-likeness (QED) is 0.470. The molecule has 2 aromatic rings. The van der Waals surface area contributed by atoms with Gasteiger partial charge in [0.2, 0.25) is 11.0 Å². The molecule has 0 fully saturated rings. The lowest BCUT2D eigenvalue weighted by Crippen LogP contribution is -2.14. The van der Waals surface area contributed by atoms with Crippen LogP contribution >= 0.6 is 11.8 Å². The summed E-state index contributed by atoms with van der Waals surface area (Å²) in [6.07, 6.45) is 0. The van der Waals surface area contributed by atoms with Gasteiger partial charge in [-0.05, 0) is 6.07 Å². The molecule has 0 aliphatic carbocycles. The van der Waals surface area contributed by atoms with Gasteiger partial charge in [0.15, 0.2) is 0 Å². The van der Waals surface area contributed by atoms with Gasteiger partial charge in [-0.25, -0.2) is 9.77 Å². The second-order valence-corrected chi connectivity index (χ2v) is 4.11. The highest BCUT2D eigenvalue weighted by molar-refractivity contribution is 7.99. The first-order valence-corrected chi connectivity index (χ1v) is 5.67. The summed E-state index contributed by atoms with van der Waals surface area (Å²) < 4.78 is 1.12. The number of nitrogens with zero attached hydrogens (tertiary/aromatic N) is 4. The molecule has 94 valence electrons. The molecule has 9 nitrogen and oxygen atoms in total. The molecule has 0 unspecified atom stereocenters. The van der Waals surface area contributed by atoms with Gasteiger partial charge in [-0.15, -0.1) is 10.2 Å². The van der Waals surface area contributed by atoms with Crippen molar-refractivity contribution in [2.45, 2.75) is 5.16 Å². The molecule has 0 aliphatic heterocycles. The summed E-state index contributed by atoms with van der Waals surface area (Å²) in [5, 5.41) is 22.3. The van der Waals surface area contributed by atoms with Crippen molar-refractivity contribution in [2.24, 2.45) is 0 Å². The molecule has 2 rings (SSSR count). The summed E-state index contributed by atoms with van der Waals surface area (Å²) >= 11 is 0.939. The second kappa shape index (κ2) is 4.87. The molecule has 0 aromatic carbocycles. The van der Waals surface area contributed by atoms with Crippen LogP contribution in [-0.4, -0.2) is 41.9 Å². The largest absolute Gasteiger partial charge is 0.481 e. The molecule has 0 bridgehead atoms. The van der Waals surface area contributed by atoms with Crippen molar-refractivity contribution in [3.63, 3.8) is 0 Å². The van der Waals surface area contributed by atoms with E-state index in [0.29, 0.717) is 5.69 Å². The molecular weight excluding hydrogens is 260 g/mol. The van der Waals surface area contributed by atoms with Crippen LogP contribution in [0.1, 0.15) is 0 Å². The minimum absolute atomic E-state index is 0.172. The first-order chi connectivity index (χ1) is 8.58. The van der Waals surface area contributed by atoms with E-state index >= 15 is 0 Å². The van der Waals surface area contributed by atoms with E-state index in [4.69, 9.17) is 10.9 Å². The molecule has 0 atom stereocenters. The number of hydrogen-bond donors (Lipinski definition) is 3. The predicted molar refractivity (Wildman–Crippen MR) is 62.4 cm³/mol. The molecule has 2 aromatic heterocycles. The van der Waals surface area contributed by atoms with Gasteiger partial charge in [-0.3, -0.25) is 9.59 Å². The Morgan fingerprint density at radius 1 is 1.50 bits per heavy atom. The van der Waals surface area contributed by atoms with Gasteiger partial charge in [-0.1, -0.05) is 11.8 Å². The number of carbonyl (C=O) groups is 1. The third kappa shape index (κ3) is 2.48. The fourth-order valence-corrected chi connectivity index (χ4v) is 1.72. The Balaban J connectivity index is 2.27. The van der Waals surface area contributed by atoms with Crippen molar-refractivity contribution in [3.8, 4) is 11.5 Å².